The average Bonchev–Trinajstić information content (AvgIpc) is 2.87. The Morgan fingerprint density at radius 2 is 1.52 bits per heavy atom. The van der Waals surface area contributed by atoms with Crippen molar-refractivity contribution in [3.8, 4) is 16.9 Å². The van der Waals surface area contributed by atoms with Crippen LogP contribution in [-0.2, 0) is 6.42 Å². The van der Waals surface area contributed by atoms with Gasteiger partial charge in [0.2, 0.25) is 5.78 Å². The standard InChI is InChI=1S/C29H26Cl2N2O7/c1-33(2)9-3-4-25(34)19-7-5-15(18-8-6-17(30)12-23(18)31)10-16(19)11-24(32)27(36)20-14-26(35)22(29(39)40)13-21(20)28(37)38/h5-8,10,12-14,32,35H,3-4,9,11H2,1-2H3,(H,37,38)(H,39,40). The van der Waals surface area contributed by atoms with E-state index in [-0.39, 0.29) is 18.6 Å². The van der Waals surface area contributed by atoms with Crippen LogP contribution in [0.2, 0.25) is 10.0 Å². The summed E-state index contributed by atoms with van der Waals surface area (Å²) in [6.45, 7) is 0.682. The van der Waals surface area contributed by atoms with E-state index in [1.807, 2.05) is 19.0 Å². The number of benzene rings is 3. The first-order chi connectivity index (χ1) is 18.8. The van der Waals surface area contributed by atoms with Gasteiger partial charge in [0.25, 0.3) is 0 Å². The predicted octanol–water partition coefficient (Wildman–Crippen LogP) is 5.73. The minimum atomic E-state index is -1.60. The third-order valence-corrected chi connectivity index (χ3v) is 6.69. The molecule has 40 heavy (non-hydrogen) atoms. The number of carbonyl (C=O) groups is 4. The zero-order valence-electron chi connectivity index (χ0n) is 21.6. The monoisotopic (exact) mass is 584 g/mol. The third kappa shape index (κ3) is 7.12. The number of carboxylic acid groups (broad SMARTS) is 2. The summed E-state index contributed by atoms with van der Waals surface area (Å²) in [6.07, 6.45) is 0.470. The molecule has 0 heterocycles. The molecule has 3 rings (SSSR count). The molecule has 9 nitrogen and oxygen atoms in total. The summed E-state index contributed by atoms with van der Waals surface area (Å²) in [5, 5.41) is 38.1. The van der Waals surface area contributed by atoms with Gasteiger partial charge in [0.05, 0.1) is 11.3 Å². The molecule has 0 radical (unpaired) electrons. The van der Waals surface area contributed by atoms with Gasteiger partial charge in [0.1, 0.15) is 11.3 Å². The Morgan fingerprint density at radius 1 is 0.850 bits per heavy atom. The second-order valence-electron chi connectivity index (χ2n) is 9.34. The molecule has 0 aliphatic heterocycles. The molecule has 0 saturated heterocycles. The summed E-state index contributed by atoms with van der Waals surface area (Å²) in [5.74, 6) is -5.23. The van der Waals surface area contributed by atoms with E-state index in [2.05, 4.69) is 0 Å². The fourth-order valence-corrected chi connectivity index (χ4v) is 4.67. The fraction of sp³-hybridized carbons (Fsp3) is 0.207. The van der Waals surface area contributed by atoms with Gasteiger partial charge in [-0.05, 0) is 68.5 Å². The lowest BCUT2D eigenvalue weighted by Gasteiger charge is -2.15. The number of ketones is 2. The Bertz CT molecular complexity index is 1530. The maximum atomic E-state index is 13.2. The lowest BCUT2D eigenvalue weighted by atomic mass is 9.90. The van der Waals surface area contributed by atoms with Crippen LogP contribution >= 0.6 is 23.2 Å². The number of Topliss-reactive ketones (excluding diaryl/α,β-unsaturated/α-hetero) is 2. The molecular weight excluding hydrogens is 559 g/mol. The molecule has 0 amide bonds. The first kappa shape index (κ1) is 30.5. The molecule has 0 spiro atoms. The SMILES string of the molecule is CN(C)CCCC(=O)c1ccc(-c2ccc(Cl)cc2Cl)cc1CC(=N)C(=O)c1cc(O)c(C(=O)O)cc1C(=O)O. The van der Waals surface area contributed by atoms with Crippen molar-refractivity contribution in [3.05, 3.63) is 86.4 Å². The number of hydrogen-bond donors (Lipinski definition) is 4. The van der Waals surface area contributed by atoms with Crippen LogP contribution in [0.4, 0.5) is 0 Å². The largest absolute Gasteiger partial charge is 0.507 e. The first-order valence-corrected chi connectivity index (χ1v) is 12.8. The van der Waals surface area contributed by atoms with Crippen LogP contribution in [0.15, 0.2) is 48.5 Å². The molecule has 3 aromatic rings. The predicted molar refractivity (Wildman–Crippen MR) is 152 cm³/mol. The van der Waals surface area contributed by atoms with Crippen LogP contribution in [0, 0.1) is 5.41 Å². The second-order valence-corrected chi connectivity index (χ2v) is 10.2. The van der Waals surface area contributed by atoms with Gasteiger partial charge in [-0.1, -0.05) is 41.4 Å². The van der Waals surface area contributed by atoms with Crippen molar-refractivity contribution in [2.24, 2.45) is 0 Å². The van der Waals surface area contributed by atoms with Crippen LogP contribution in [-0.4, -0.2) is 70.1 Å². The van der Waals surface area contributed by atoms with E-state index in [0.29, 0.717) is 51.3 Å². The Labute approximate surface area is 240 Å². The fourth-order valence-electron chi connectivity index (χ4n) is 4.15. The van der Waals surface area contributed by atoms with E-state index in [9.17, 15) is 34.5 Å². The maximum absolute atomic E-state index is 13.2. The highest BCUT2D eigenvalue weighted by molar-refractivity contribution is 6.46. The molecule has 3 aromatic carbocycles. The van der Waals surface area contributed by atoms with Crippen LogP contribution in [0.25, 0.3) is 11.1 Å². The second kappa shape index (κ2) is 12.9. The molecule has 0 bridgehead atoms. The summed E-state index contributed by atoms with van der Waals surface area (Å²) in [6, 6.07) is 11.2. The summed E-state index contributed by atoms with van der Waals surface area (Å²) in [7, 11) is 3.78. The van der Waals surface area contributed by atoms with Gasteiger partial charge in [0, 0.05) is 39.6 Å². The summed E-state index contributed by atoms with van der Waals surface area (Å²) >= 11 is 12.4. The summed E-state index contributed by atoms with van der Waals surface area (Å²) in [5.41, 5.74) is -0.615. The zero-order valence-corrected chi connectivity index (χ0v) is 23.1. The van der Waals surface area contributed by atoms with Gasteiger partial charge in [-0.15, -0.1) is 0 Å². The molecule has 0 aliphatic rings. The van der Waals surface area contributed by atoms with Gasteiger partial charge in [-0.2, -0.15) is 0 Å². The van der Waals surface area contributed by atoms with E-state index in [4.69, 9.17) is 28.6 Å². The quantitative estimate of drug-likeness (QED) is 0.155. The van der Waals surface area contributed by atoms with Crippen molar-refractivity contribution < 1.29 is 34.5 Å². The number of hydrogen-bond acceptors (Lipinski definition) is 7. The van der Waals surface area contributed by atoms with Crippen molar-refractivity contribution >= 4 is 52.4 Å². The number of rotatable bonds is 12. The summed E-state index contributed by atoms with van der Waals surface area (Å²) in [4.78, 5) is 51.4. The number of aromatic hydroxyl groups is 1. The molecule has 0 fully saturated rings. The molecule has 208 valence electrons. The molecule has 0 aromatic heterocycles. The van der Waals surface area contributed by atoms with E-state index >= 15 is 0 Å². The molecule has 0 aliphatic carbocycles. The molecular formula is C29H26Cl2N2O7. The Morgan fingerprint density at radius 3 is 2.12 bits per heavy atom. The number of nitrogens with zero attached hydrogens (tertiary/aromatic N) is 1. The zero-order chi connectivity index (χ0) is 29.7. The number of aromatic carboxylic acids is 2. The van der Waals surface area contributed by atoms with Crippen molar-refractivity contribution in [2.75, 3.05) is 20.6 Å². The molecule has 0 saturated carbocycles. The molecule has 0 unspecified atom stereocenters. The number of halogens is 2. The average molecular weight is 585 g/mol. The van der Waals surface area contributed by atoms with Gasteiger partial charge < -0.3 is 25.6 Å². The van der Waals surface area contributed by atoms with Crippen molar-refractivity contribution in [3.63, 3.8) is 0 Å². The lowest BCUT2D eigenvalue weighted by molar-refractivity contribution is 0.0692. The number of nitrogens with one attached hydrogen (secondary N) is 1. The van der Waals surface area contributed by atoms with Crippen LogP contribution in [0.3, 0.4) is 0 Å². The van der Waals surface area contributed by atoms with E-state index in [0.717, 1.165) is 6.07 Å². The van der Waals surface area contributed by atoms with Gasteiger partial charge in [0.15, 0.2) is 5.78 Å². The maximum Gasteiger partial charge on any atom is 0.339 e. The minimum absolute atomic E-state index is 0.194. The van der Waals surface area contributed by atoms with E-state index in [1.165, 1.54) is 0 Å². The molecule has 0 atom stereocenters. The Hall–Kier alpha value is -4.05. The molecule has 4 N–H and O–H groups in total. The van der Waals surface area contributed by atoms with Crippen LogP contribution < -0.4 is 0 Å². The van der Waals surface area contributed by atoms with Crippen molar-refractivity contribution in [1.29, 1.82) is 5.41 Å². The minimum Gasteiger partial charge on any atom is -0.507 e. The topological polar surface area (TPSA) is 156 Å². The normalized spacial score (nSPS) is 10.9. The summed E-state index contributed by atoms with van der Waals surface area (Å²) < 4.78 is 0. The molecule has 11 heteroatoms. The van der Waals surface area contributed by atoms with E-state index < -0.39 is 45.9 Å². The third-order valence-electron chi connectivity index (χ3n) is 6.14. The highest BCUT2D eigenvalue weighted by Crippen LogP contribution is 2.32. The Kier molecular flexibility index (Phi) is 9.81. The first-order valence-electron chi connectivity index (χ1n) is 12.0. The van der Waals surface area contributed by atoms with Gasteiger partial charge >= 0.3 is 11.9 Å². The van der Waals surface area contributed by atoms with Gasteiger partial charge in [-0.25, -0.2) is 9.59 Å². The van der Waals surface area contributed by atoms with E-state index in [1.54, 1.807) is 36.4 Å². The number of carboxylic acids is 2. The Balaban J connectivity index is 2.04. The smallest absolute Gasteiger partial charge is 0.339 e. The van der Waals surface area contributed by atoms with Gasteiger partial charge in [-0.3, -0.25) is 9.59 Å². The van der Waals surface area contributed by atoms with Crippen molar-refractivity contribution in [1.82, 2.24) is 4.90 Å². The highest BCUT2D eigenvalue weighted by Gasteiger charge is 2.26. The number of carbonyl (C=O) groups excluding carboxylic acids is 2. The lowest BCUT2D eigenvalue weighted by Crippen LogP contribution is -2.21. The number of phenols is 1. The van der Waals surface area contributed by atoms with Crippen LogP contribution in [0.5, 0.6) is 5.75 Å². The highest BCUT2D eigenvalue weighted by atomic mass is 35.5. The van der Waals surface area contributed by atoms with Crippen LogP contribution in [0.1, 0.15) is 59.8 Å². The van der Waals surface area contributed by atoms with Crippen molar-refractivity contribution in [2.45, 2.75) is 19.3 Å².